The summed E-state index contributed by atoms with van der Waals surface area (Å²) in [6, 6.07) is 4.46. The maximum Gasteiger partial charge on any atom is 0.238 e. The van der Waals surface area contributed by atoms with Crippen molar-refractivity contribution >= 4 is 21.7 Å². The van der Waals surface area contributed by atoms with Crippen LogP contribution in [0.3, 0.4) is 0 Å². The molecule has 6 heteroatoms. The Morgan fingerprint density at radius 3 is 2.73 bits per heavy atom. The van der Waals surface area contributed by atoms with E-state index in [0.29, 0.717) is 17.8 Å². The molecule has 1 aromatic carbocycles. The van der Waals surface area contributed by atoms with E-state index in [2.05, 4.69) is 5.32 Å². The number of primary sulfonamides is 1. The summed E-state index contributed by atoms with van der Waals surface area (Å²) < 4.78 is 22.1. The van der Waals surface area contributed by atoms with Crippen molar-refractivity contribution in [3.8, 4) is 0 Å². The van der Waals surface area contributed by atoms with E-state index in [0.717, 1.165) is 5.56 Å². The molecule has 0 aromatic heterocycles. The molecule has 1 heterocycles. The highest BCUT2D eigenvalue weighted by molar-refractivity contribution is 7.89. The lowest BCUT2D eigenvalue weighted by Gasteiger charge is -2.01. The van der Waals surface area contributed by atoms with Gasteiger partial charge in [-0.15, -0.1) is 0 Å². The number of fused-ring (bicyclic) bond motifs is 1. The quantitative estimate of drug-likeness (QED) is 0.658. The highest BCUT2D eigenvalue weighted by Gasteiger charge is 2.18. The molecule has 1 aliphatic rings. The largest absolute Gasteiger partial charge is 0.349 e. The zero-order valence-corrected chi connectivity index (χ0v) is 8.47. The van der Waals surface area contributed by atoms with Crippen molar-refractivity contribution in [1.29, 1.82) is 0 Å². The second-order valence-corrected chi connectivity index (χ2v) is 4.81. The molecule has 1 aliphatic heterocycles. The summed E-state index contributed by atoms with van der Waals surface area (Å²) in [5.41, 5.74) is 1.86. The number of nitrogens with two attached hydrogens (primary N) is 1. The van der Waals surface area contributed by atoms with E-state index >= 15 is 0 Å². The first-order chi connectivity index (χ1) is 7.00. The van der Waals surface area contributed by atoms with Crippen LogP contribution in [-0.4, -0.2) is 14.4 Å². The van der Waals surface area contributed by atoms with Crippen molar-refractivity contribution in [3.63, 3.8) is 0 Å². The average Bonchev–Trinajstić information content (AvgIpc) is 2.57. The molecule has 0 fully saturated rings. The number of hydrogen-bond donors (Lipinski definition) is 2. The molecule has 0 unspecified atom stereocenters. The third-order valence-corrected chi connectivity index (χ3v) is 3.10. The molecule has 1 aromatic rings. The predicted molar refractivity (Wildman–Crippen MR) is 54.3 cm³/mol. The summed E-state index contributed by atoms with van der Waals surface area (Å²) in [6.45, 7) is 0. The smallest absolute Gasteiger partial charge is 0.238 e. The van der Waals surface area contributed by atoms with Crippen LogP contribution in [0, 0.1) is 0 Å². The zero-order valence-electron chi connectivity index (χ0n) is 7.65. The van der Waals surface area contributed by atoms with Crippen LogP contribution in [0.5, 0.6) is 0 Å². The number of sulfonamides is 1. The Morgan fingerprint density at radius 1 is 1.40 bits per heavy atom. The predicted octanol–water partition coefficient (Wildman–Crippen LogP) is 0.0175. The van der Waals surface area contributed by atoms with Gasteiger partial charge in [0.1, 0.15) is 11.6 Å². The van der Waals surface area contributed by atoms with Crippen LogP contribution in [0.2, 0.25) is 0 Å². The van der Waals surface area contributed by atoms with Crippen LogP contribution >= 0.6 is 0 Å². The molecular weight excluding hydrogens is 216 g/mol. The molecule has 0 radical (unpaired) electrons. The Hall–Kier alpha value is -1.62. The highest BCUT2D eigenvalue weighted by atomic mass is 32.2. The highest BCUT2D eigenvalue weighted by Crippen LogP contribution is 2.28. The van der Waals surface area contributed by atoms with E-state index in [4.69, 9.17) is 5.14 Å². The minimum atomic E-state index is -3.70. The Bertz CT molecular complexity index is 571. The number of allylic oxidation sites excluding steroid dienone is 1. The third-order valence-electron chi connectivity index (χ3n) is 2.19. The number of nitrogens with one attached hydrogen (secondary N) is 1. The summed E-state index contributed by atoms with van der Waals surface area (Å²) in [4.78, 5) is 10.4. The lowest BCUT2D eigenvalue weighted by molar-refractivity contribution is 0.567. The van der Waals surface area contributed by atoms with Gasteiger partial charge in [0, 0.05) is 12.1 Å². The molecule has 5 nitrogen and oxygen atoms in total. The summed E-state index contributed by atoms with van der Waals surface area (Å²) >= 11 is 0. The number of anilines is 1. The maximum absolute atomic E-state index is 11.0. The SMILES string of the molecule is NS(=O)(=O)c1ccc2c(c1)NC(=C=O)C2. The van der Waals surface area contributed by atoms with Gasteiger partial charge in [-0.2, -0.15) is 0 Å². The van der Waals surface area contributed by atoms with Gasteiger partial charge in [-0.25, -0.2) is 18.4 Å². The summed E-state index contributed by atoms with van der Waals surface area (Å²) in [5.74, 6) is 1.74. The van der Waals surface area contributed by atoms with Gasteiger partial charge < -0.3 is 5.32 Å². The van der Waals surface area contributed by atoms with E-state index in [1.165, 1.54) is 12.1 Å². The molecule has 0 saturated carbocycles. The van der Waals surface area contributed by atoms with Crippen LogP contribution in [-0.2, 0) is 21.2 Å². The Kier molecular flexibility index (Phi) is 2.12. The Balaban J connectivity index is 2.52. The summed E-state index contributed by atoms with van der Waals surface area (Å²) in [5, 5.41) is 7.75. The number of hydrogen-bond acceptors (Lipinski definition) is 4. The van der Waals surface area contributed by atoms with Crippen LogP contribution in [0.4, 0.5) is 5.69 Å². The first-order valence-electron chi connectivity index (χ1n) is 4.17. The van der Waals surface area contributed by atoms with Crippen LogP contribution < -0.4 is 10.5 Å². The molecule has 15 heavy (non-hydrogen) atoms. The lowest BCUT2D eigenvalue weighted by atomic mass is 10.1. The molecule has 0 spiro atoms. The van der Waals surface area contributed by atoms with E-state index in [9.17, 15) is 13.2 Å². The lowest BCUT2D eigenvalue weighted by Crippen LogP contribution is -2.12. The third kappa shape index (κ3) is 1.78. The van der Waals surface area contributed by atoms with Crippen molar-refractivity contribution in [2.75, 3.05) is 5.32 Å². The molecule has 3 N–H and O–H groups in total. The zero-order chi connectivity index (χ0) is 11.1. The monoisotopic (exact) mass is 224 g/mol. The first kappa shape index (κ1) is 9.92. The van der Waals surface area contributed by atoms with Gasteiger partial charge in [-0.3, -0.25) is 0 Å². The van der Waals surface area contributed by atoms with Crippen molar-refractivity contribution < 1.29 is 13.2 Å². The van der Waals surface area contributed by atoms with Gasteiger partial charge in [0.2, 0.25) is 10.0 Å². The molecule has 2 rings (SSSR count). The fourth-order valence-electron chi connectivity index (χ4n) is 1.46. The van der Waals surface area contributed by atoms with Crippen molar-refractivity contribution in [1.82, 2.24) is 0 Å². The minimum absolute atomic E-state index is 0.0286. The number of rotatable bonds is 1. The van der Waals surface area contributed by atoms with Crippen LogP contribution in [0.25, 0.3) is 0 Å². The van der Waals surface area contributed by atoms with E-state index in [-0.39, 0.29) is 4.90 Å². The minimum Gasteiger partial charge on any atom is -0.349 e. The molecule has 0 bridgehead atoms. The first-order valence-corrected chi connectivity index (χ1v) is 5.72. The molecule has 0 saturated heterocycles. The molecule has 0 aliphatic carbocycles. The van der Waals surface area contributed by atoms with E-state index in [1.807, 2.05) is 0 Å². The van der Waals surface area contributed by atoms with Crippen molar-refractivity contribution in [3.05, 3.63) is 29.5 Å². The van der Waals surface area contributed by atoms with Gasteiger partial charge in [-0.1, -0.05) is 6.07 Å². The molecular formula is C9H8N2O3S. The van der Waals surface area contributed by atoms with Crippen LogP contribution in [0.15, 0.2) is 28.8 Å². The van der Waals surface area contributed by atoms with Gasteiger partial charge in [-0.05, 0) is 17.7 Å². The van der Waals surface area contributed by atoms with Gasteiger partial charge in [0.25, 0.3) is 0 Å². The van der Waals surface area contributed by atoms with Crippen LogP contribution in [0.1, 0.15) is 5.56 Å². The normalized spacial score (nSPS) is 14.3. The average molecular weight is 224 g/mol. The van der Waals surface area contributed by atoms with Crippen molar-refractivity contribution in [2.45, 2.75) is 11.3 Å². The summed E-state index contributed by atoms with van der Waals surface area (Å²) in [7, 11) is -3.70. The van der Waals surface area contributed by atoms with E-state index < -0.39 is 10.0 Å². The van der Waals surface area contributed by atoms with E-state index in [1.54, 1.807) is 12.0 Å². The van der Waals surface area contributed by atoms with Gasteiger partial charge in [0.05, 0.1) is 4.90 Å². The Morgan fingerprint density at radius 2 is 2.13 bits per heavy atom. The fourth-order valence-corrected chi connectivity index (χ4v) is 2.00. The second-order valence-electron chi connectivity index (χ2n) is 3.25. The number of benzene rings is 1. The molecule has 0 amide bonds. The Labute approximate surface area is 86.6 Å². The maximum atomic E-state index is 11.0. The fraction of sp³-hybridized carbons (Fsp3) is 0.111. The van der Waals surface area contributed by atoms with Gasteiger partial charge in [0.15, 0.2) is 0 Å². The summed E-state index contributed by atoms with van der Waals surface area (Å²) in [6.07, 6.45) is 0.448. The van der Waals surface area contributed by atoms with Gasteiger partial charge >= 0.3 is 0 Å². The molecule has 78 valence electrons. The standard InChI is InChI=1S/C9H8N2O3S/c10-15(13,14)8-2-1-6-3-7(5-12)11-9(6)4-8/h1-2,4,11H,3H2,(H2,10,13,14). The van der Waals surface area contributed by atoms with Crippen molar-refractivity contribution in [2.24, 2.45) is 5.14 Å². The second kappa shape index (κ2) is 3.20. The topological polar surface area (TPSA) is 89.3 Å². The molecule has 0 atom stereocenters. The number of carbonyl (C=O) groups excluding carboxylic acids is 1.